The Hall–Kier alpha value is -4.92. The molecule has 0 bridgehead atoms. The van der Waals surface area contributed by atoms with E-state index in [-0.39, 0.29) is 25.5 Å². The number of fused-ring (bicyclic) bond motifs is 4. The van der Waals surface area contributed by atoms with Gasteiger partial charge in [-0.1, -0.05) is 54.4 Å². The topological polar surface area (TPSA) is 186 Å². The number of alkyl carbamates (subject to hydrolysis) is 1. The minimum absolute atomic E-state index is 0.0259. The van der Waals surface area contributed by atoms with E-state index in [2.05, 4.69) is 20.5 Å². The van der Waals surface area contributed by atoms with Crippen molar-refractivity contribution in [2.75, 3.05) is 6.54 Å². The molecule has 4 amide bonds. The molecule has 0 unspecified atom stereocenters. The lowest BCUT2D eigenvalue weighted by Gasteiger charge is -2.30. The molecule has 3 heterocycles. The Morgan fingerprint density at radius 1 is 0.907 bits per heavy atom. The van der Waals surface area contributed by atoms with Crippen molar-refractivity contribution in [3.05, 3.63) is 66.0 Å². The number of rotatable bonds is 7. The van der Waals surface area contributed by atoms with Gasteiger partial charge in [-0.3, -0.25) is 19.1 Å². The number of amides is 4. The average molecular weight is 760 g/mol. The van der Waals surface area contributed by atoms with Gasteiger partial charge in [0.25, 0.3) is 5.91 Å². The molecule has 3 saturated carbocycles. The van der Waals surface area contributed by atoms with Crippen LogP contribution < -0.4 is 20.7 Å². The molecule has 2 aromatic carbocycles. The molecular weight excluding hydrogens is 715 g/mol. The van der Waals surface area contributed by atoms with Crippen LogP contribution >= 0.6 is 0 Å². The number of hydrogen-bond donors (Lipinski definition) is 3. The smallest absolute Gasteiger partial charge is 0.408 e. The Morgan fingerprint density at radius 2 is 1.63 bits per heavy atom. The van der Waals surface area contributed by atoms with E-state index < -0.39 is 68.7 Å². The molecule has 3 aromatic rings. The van der Waals surface area contributed by atoms with E-state index in [1.165, 1.54) is 4.90 Å². The fourth-order valence-corrected chi connectivity index (χ4v) is 9.01. The Kier molecular flexibility index (Phi) is 9.84. The molecule has 1 aromatic heterocycles. The van der Waals surface area contributed by atoms with Crippen LogP contribution in [0, 0.1) is 5.92 Å². The van der Waals surface area contributed by atoms with Crippen molar-refractivity contribution in [3.63, 3.8) is 0 Å². The Morgan fingerprint density at radius 3 is 2.31 bits per heavy atom. The highest BCUT2D eigenvalue weighted by Crippen LogP contribution is 2.46. The maximum Gasteiger partial charge on any atom is 0.408 e. The van der Waals surface area contributed by atoms with Gasteiger partial charge in [0.05, 0.1) is 11.8 Å². The number of para-hydroxylation sites is 2. The fourth-order valence-electron chi connectivity index (χ4n) is 7.65. The number of nitrogens with one attached hydrogen (secondary N) is 3. The Balaban J connectivity index is 1.11. The number of hydrogen-bond acceptors (Lipinski definition) is 10. The van der Waals surface area contributed by atoms with Gasteiger partial charge in [-0.25, -0.2) is 13.2 Å². The first-order valence-corrected chi connectivity index (χ1v) is 20.6. The van der Waals surface area contributed by atoms with Crippen LogP contribution in [0.15, 0.2) is 70.3 Å². The maximum absolute atomic E-state index is 14.5. The van der Waals surface area contributed by atoms with E-state index >= 15 is 0 Å². The molecule has 286 valence electrons. The largest absolute Gasteiger partial charge is 0.456 e. The third-order valence-electron chi connectivity index (χ3n) is 11.3. The zero-order valence-electron chi connectivity index (χ0n) is 29.9. The van der Waals surface area contributed by atoms with Gasteiger partial charge >= 0.3 is 6.09 Å². The predicted octanol–water partition coefficient (Wildman–Crippen LogP) is 4.04. The van der Waals surface area contributed by atoms with Crippen molar-refractivity contribution in [2.24, 2.45) is 11.1 Å². The Labute approximate surface area is 312 Å². The lowest BCUT2D eigenvalue weighted by atomic mass is 9.96. The molecule has 54 heavy (non-hydrogen) atoms. The summed E-state index contributed by atoms with van der Waals surface area (Å²) in [6.45, 7) is -0.0259. The highest BCUT2D eigenvalue weighted by molar-refractivity contribution is 7.91. The summed E-state index contributed by atoms with van der Waals surface area (Å²) in [5.41, 5.74) is -0.283. The first-order valence-electron chi connectivity index (χ1n) is 19.0. The summed E-state index contributed by atoms with van der Waals surface area (Å²) >= 11 is 0. The van der Waals surface area contributed by atoms with E-state index in [9.17, 15) is 27.6 Å². The van der Waals surface area contributed by atoms with E-state index in [0.29, 0.717) is 59.4 Å². The highest BCUT2D eigenvalue weighted by Gasteiger charge is 2.62. The number of allylic oxidation sites excluding steroid dienone is 1. The molecule has 0 radical (unpaired) electrons. The average Bonchev–Trinajstić information content (AvgIpc) is 4.07. The van der Waals surface area contributed by atoms with Crippen LogP contribution in [-0.2, 0) is 34.0 Å². The van der Waals surface area contributed by atoms with Gasteiger partial charge in [0.1, 0.15) is 46.4 Å². The van der Waals surface area contributed by atoms with E-state index in [1.807, 2.05) is 60.7 Å². The monoisotopic (exact) mass is 759 g/mol. The van der Waals surface area contributed by atoms with Crippen molar-refractivity contribution in [2.45, 2.75) is 112 Å². The summed E-state index contributed by atoms with van der Waals surface area (Å²) in [5, 5.41) is 11.6. The van der Waals surface area contributed by atoms with E-state index in [0.717, 1.165) is 32.1 Å². The molecule has 0 spiro atoms. The third-order valence-corrected chi connectivity index (χ3v) is 13.1. The summed E-state index contributed by atoms with van der Waals surface area (Å²) in [6.07, 6.45) is 9.20. The SMILES string of the molecule is O=C(N[C@H]1CCCCC/C=C\[C@@H]2C[C@]2(C(=O)NS(=O)(=O)C2CC2)NC(=O)[C@@H]2C[C@@H](ON=c3c4ccccc4oc4ccccc34)CN2C1=O)OC1CCC1. The summed E-state index contributed by atoms with van der Waals surface area (Å²) in [4.78, 5) is 63.1. The minimum Gasteiger partial charge on any atom is -0.456 e. The first kappa shape index (κ1) is 36.1. The minimum atomic E-state index is -3.89. The van der Waals surface area contributed by atoms with E-state index in [1.54, 1.807) is 0 Å². The summed E-state index contributed by atoms with van der Waals surface area (Å²) in [5.74, 6) is -2.30. The van der Waals surface area contributed by atoms with E-state index in [4.69, 9.17) is 14.0 Å². The molecule has 15 heteroatoms. The van der Waals surface area contributed by atoms with Crippen LogP contribution in [0.25, 0.3) is 21.9 Å². The second-order valence-corrected chi connectivity index (χ2v) is 17.1. The van der Waals surface area contributed by atoms with Gasteiger partial charge in [-0.05, 0) is 82.1 Å². The number of benzene rings is 2. The first-order chi connectivity index (χ1) is 26.1. The quantitative estimate of drug-likeness (QED) is 0.182. The molecule has 2 aliphatic heterocycles. The van der Waals surface area contributed by atoms with Crippen molar-refractivity contribution in [3.8, 4) is 0 Å². The zero-order chi connectivity index (χ0) is 37.5. The van der Waals surface area contributed by atoms with Gasteiger partial charge in [0, 0.05) is 23.1 Å². The summed E-state index contributed by atoms with van der Waals surface area (Å²) < 4.78 is 39.5. The van der Waals surface area contributed by atoms with Crippen LogP contribution in [0.5, 0.6) is 0 Å². The van der Waals surface area contributed by atoms with Crippen LogP contribution in [0.1, 0.15) is 77.0 Å². The highest BCUT2D eigenvalue weighted by atomic mass is 32.2. The van der Waals surface area contributed by atoms with Crippen LogP contribution in [0.4, 0.5) is 4.79 Å². The standard InChI is InChI=1S/C39H45N5O9S/c45-35-31-21-26(53-42-34-28-14-6-8-17-32(28)52-33-18-9-7-15-29(33)34)23-44(31)36(46)30(40-38(48)51-25-12-10-13-25)16-5-3-1-2-4-11-24-22-39(24,41-35)37(47)43-54(49,50)27-19-20-27/h4,6-9,11,14-15,17-18,24-27,30-31H,1-3,5,10,12-13,16,19-23H2,(H,40,48)(H,41,45)(H,43,47)/b11-4-/t24-,26-,30+,31+,39+/m1/s1. The van der Waals surface area contributed by atoms with Crippen molar-refractivity contribution < 1.29 is 41.6 Å². The van der Waals surface area contributed by atoms with Crippen molar-refractivity contribution in [1.29, 1.82) is 0 Å². The number of sulfonamides is 1. The van der Waals surface area contributed by atoms with Gasteiger partial charge in [0.15, 0.2) is 0 Å². The second-order valence-electron chi connectivity index (χ2n) is 15.2. The molecule has 14 nitrogen and oxygen atoms in total. The number of ether oxygens (including phenoxy) is 1. The molecule has 8 rings (SSSR count). The van der Waals surface area contributed by atoms with Crippen LogP contribution in [0.2, 0.25) is 0 Å². The summed E-state index contributed by atoms with van der Waals surface area (Å²) in [7, 11) is -3.89. The number of carbonyl (C=O) groups is 4. The number of carbonyl (C=O) groups excluding carboxylic acids is 4. The Bertz CT molecular complexity index is 2120. The third kappa shape index (κ3) is 7.42. The van der Waals surface area contributed by atoms with Gasteiger partial charge in [-0.2, -0.15) is 0 Å². The molecule has 5 aliphatic rings. The van der Waals surface area contributed by atoms with Gasteiger partial charge < -0.3 is 29.5 Å². The van der Waals surface area contributed by atoms with Crippen molar-refractivity contribution >= 4 is 55.8 Å². The van der Waals surface area contributed by atoms with Crippen LogP contribution in [-0.4, -0.2) is 78.8 Å². The molecule has 1 saturated heterocycles. The molecule has 3 N–H and O–H groups in total. The van der Waals surface area contributed by atoms with Gasteiger partial charge in [0.2, 0.25) is 21.8 Å². The molecule has 3 aliphatic carbocycles. The van der Waals surface area contributed by atoms with Crippen LogP contribution in [0.3, 0.4) is 0 Å². The lowest BCUT2D eigenvalue weighted by Crippen LogP contribution is -2.58. The van der Waals surface area contributed by atoms with Gasteiger partial charge in [-0.15, -0.1) is 0 Å². The molecule has 4 fully saturated rings. The molecular formula is C39H45N5O9S. The lowest BCUT2D eigenvalue weighted by molar-refractivity contribution is -0.141. The molecule has 5 atom stereocenters. The fraction of sp³-hybridized carbons (Fsp3) is 0.513. The predicted molar refractivity (Wildman–Crippen MR) is 197 cm³/mol. The maximum atomic E-state index is 14.5. The second kappa shape index (κ2) is 14.7. The van der Waals surface area contributed by atoms with Crippen molar-refractivity contribution in [1.82, 2.24) is 20.3 Å². The number of nitrogens with zero attached hydrogens (tertiary/aromatic N) is 2. The zero-order valence-corrected chi connectivity index (χ0v) is 30.7. The normalized spacial score (nSPS) is 28.3. The summed E-state index contributed by atoms with van der Waals surface area (Å²) in [6, 6.07) is 12.8.